The third-order valence-electron chi connectivity index (χ3n) is 4.71. The predicted octanol–water partition coefficient (Wildman–Crippen LogP) is 3.68. The molecule has 1 saturated carbocycles. The van der Waals surface area contributed by atoms with Crippen molar-refractivity contribution in [2.24, 2.45) is 17.8 Å². The number of methoxy groups -OCH3 is 1. The van der Waals surface area contributed by atoms with Gasteiger partial charge in [-0.1, -0.05) is 26.8 Å². The van der Waals surface area contributed by atoms with Gasteiger partial charge in [0.15, 0.2) is 0 Å². The van der Waals surface area contributed by atoms with Crippen molar-refractivity contribution in [3.05, 3.63) is 23.9 Å². The molecule has 1 N–H and O–H groups in total. The van der Waals surface area contributed by atoms with Gasteiger partial charge in [0.05, 0.1) is 7.11 Å². The van der Waals surface area contributed by atoms with Gasteiger partial charge in [-0.2, -0.15) is 0 Å². The van der Waals surface area contributed by atoms with Gasteiger partial charge in [0.2, 0.25) is 5.88 Å². The highest BCUT2D eigenvalue weighted by Gasteiger charge is 2.29. The second-order valence-corrected chi connectivity index (χ2v) is 6.75. The normalized spacial score (nSPS) is 27.3. The molecule has 0 amide bonds. The Morgan fingerprint density at radius 1 is 1.24 bits per heavy atom. The van der Waals surface area contributed by atoms with Crippen LogP contribution in [0.4, 0.5) is 0 Å². The highest BCUT2D eigenvalue weighted by molar-refractivity contribution is 5.18. The number of hydrogen-bond donors (Lipinski definition) is 1. The van der Waals surface area contributed by atoms with Crippen molar-refractivity contribution >= 4 is 0 Å². The molecule has 1 aromatic rings. The maximum atomic E-state index is 5.14. The molecule has 3 heteroatoms. The zero-order chi connectivity index (χ0) is 15.2. The fourth-order valence-corrected chi connectivity index (χ4v) is 3.91. The molecule has 1 heterocycles. The minimum Gasteiger partial charge on any atom is -0.481 e. The molecule has 0 spiro atoms. The van der Waals surface area contributed by atoms with E-state index >= 15 is 0 Å². The molecule has 1 aliphatic rings. The molecule has 3 atom stereocenters. The van der Waals surface area contributed by atoms with Crippen LogP contribution in [0.3, 0.4) is 0 Å². The molecular formula is C18H30N2O. The molecule has 0 aliphatic heterocycles. The molecule has 1 fully saturated rings. The van der Waals surface area contributed by atoms with Crippen molar-refractivity contribution < 1.29 is 4.74 Å². The first-order valence-corrected chi connectivity index (χ1v) is 8.34. The van der Waals surface area contributed by atoms with Gasteiger partial charge in [0.25, 0.3) is 0 Å². The molecular weight excluding hydrogens is 260 g/mol. The summed E-state index contributed by atoms with van der Waals surface area (Å²) in [5.74, 6) is 3.19. The Kier molecular flexibility index (Phi) is 6.04. The van der Waals surface area contributed by atoms with Crippen molar-refractivity contribution in [1.29, 1.82) is 0 Å². The van der Waals surface area contributed by atoms with Crippen LogP contribution in [0.15, 0.2) is 18.3 Å². The van der Waals surface area contributed by atoms with E-state index in [0.29, 0.717) is 11.9 Å². The zero-order valence-electron chi connectivity index (χ0n) is 13.9. The topological polar surface area (TPSA) is 34.1 Å². The van der Waals surface area contributed by atoms with E-state index in [0.717, 1.165) is 30.7 Å². The number of aromatic nitrogens is 1. The highest BCUT2D eigenvalue weighted by atomic mass is 16.5. The van der Waals surface area contributed by atoms with Gasteiger partial charge in [-0.05, 0) is 55.5 Å². The van der Waals surface area contributed by atoms with Crippen LogP contribution in [0.25, 0.3) is 0 Å². The molecule has 2 rings (SSSR count). The SMILES string of the molecule is CCNC(Cc1ccc(OC)nc1)C1CC(C)CC(C)C1. The molecule has 0 bridgehead atoms. The summed E-state index contributed by atoms with van der Waals surface area (Å²) in [7, 11) is 1.66. The lowest BCUT2D eigenvalue weighted by Crippen LogP contribution is -2.41. The average molecular weight is 290 g/mol. The summed E-state index contributed by atoms with van der Waals surface area (Å²) in [5, 5.41) is 3.71. The van der Waals surface area contributed by atoms with Crippen LogP contribution in [0.2, 0.25) is 0 Å². The first-order valence-electron chi connectivity index (χ1n) is 8.34. The molecule has 1 aliphatic carbocycles. The van der Waals surface area contributed by atoms with Gasteiger partial charge in [-0.15, -0.1) is 0 Å². The summed E-state index contributed by atoms with van der Waals surface area (Å²) < 4.78 is 5.14. The Hall–Kier alpha value is -1.09. The van der Waals surface area contributed by atoms with E-state index in [1.54, 1.807) is 7.11 Å². The fourth-order valence-electron chi connectivity index (χ4n) is 3.91. The first-order chi connectivity index (χ1) is 10.1. The van der Waals surface area contributed by atoms with E-state index in [4.69, 9.17) is 4.74 Å². The van der Waals surface area contributed by atoms with E-state index in [2.05, 4.69) is 37.1 Å². The van der Waals surface area contributed by atoms with Crippen LogP contribution >= 0.6 is 0 Å². The van der Waals surface area contributed by atoms with E-state index in [1.165, 1.54) is 24.8 Å². The van der Waals surface area contributed by atoms with Crippen molar-refractivity contribution in [2.45, 2.75) is 52.5 Å². The quantitative estimate of drug-likeness (QED) is 0.867. The number of ether oxygens (including phenoxy) is 1. The summed E-state index contributed by atoms with van der Waals surface area (Å²) in [4.78, 5) is 4.34. The second-order valence-electron chi connectivity index (χ2n) is 6.75. The van der Waals surface area contributed by atoms with Crippen molar-refractivity contribution in [2.75, 3.05) is 13.7 Å². The third-order valence-corrected chi connectivity index (χ3v) is 4.71. The van der Waals surface area contributed by atoms with E-state index < -0.39 is 0 Å². The predicted molar refractivity (Wildman–Crippen MR) is 87.6 cm³/mol. The Bertz CT molecular complexity index is 408. The number of rotatable bonds is 6. The molecule has 1 aromatic heterocycles. The minimum atomic E-state index is 0.565. The molecule has 118 valence electrons. The largest absolute Gasteiger partial charge is 0.481 e. The molecule has 0 radical (unpaired) electrons. The Balaban J connectivity index is 2.03. The number of likely N-dealkylation sites (N-methyl/N-ethyl adjacent to an activating group) is 1. The first kappa shape index (κ1) is 16.3. The van der Waals surface area contributed by atoms with E-state index in [9.17, 15) is 0 Å². The van der Waals surface area contributed by atoms with Gasteiger partial charge < -0.3 is 10.1 Å². The minimum absolute atomic E-state index is 0.565. The van der Waals surface area contributed by atoms with Crippen molar-refractivity contribution in [1.82, 2.24) is 10.3 Å². The van der Waals surface area contributed by atoms with Gasteiger partial charge in [0.1, 0.15) is 0 Å². The molecule has 0 saturated heterocycles. The van der Waals surface area contributed by atoms with E-state index in [1.807, 2.05) is 12.3 Å². The molecule has 3 nitrogen and oxygen atoms in total. The second kappa shape index (κ2) is 7.79. The lowest BCUT2D eigenvalue weighted by Gasteiger charge is -2.37. The van der Waals surface area contributed by atoms with Crippen molar-refractivity contribution in [3.8, 4) is 5.88 Å². The van der Waals surface area contributed by atoms with Crippen molar-refractivity contribution in [3.63, 3.8) is 0 Å². The summed E-state index contributed by atoms with van der Waals surface area (Å²) >= 11 is 0. The van der Waals surface area contributed by atoms with Gasteiger partial charge in [0, 0.05) is 18.3 Å². The van der Waals surface area contributed by atoms with Crippen LogP contribution in [-0.2, 0) is 6.42 Å². The smallest absolute Gasteiger partial charge is 0.212 e. The summed E-state index contributed by atoms with van der Waals surface area (Å²) in [6.07, 6.45) is 7.12. The van der Waals surface area contributed by atoms with Crippen LogP contribution in [-0.4, -0.2) is 24.7 Å². The fraction of sp³-hybridized carbons (Fsp3) is 0.722. The average Bonchev–Trinajstić information content (AvgIpc) is 2.46. The zero-order valence-corrected chi connectivity index (χ0v) is 13.9. The third kappa shape index (κ3) is 4.70. The lowest BCUT2D eigenvalue weighted by atomic mass is 9.72. The maximum absolute atomic E-state index is 5.14. The molecule has 21 heavy (non-hydrogen) atoms. The van der Waals surface area contributed by atoms with Crippen LogP contribution < -0.4 is 10.1 Å². The summed E-state index contributed by atoms with van der Waals surface area (Å²) in [6.45, 7) is 8.05. The highest BCUT2D eigenvalue weighted by Crippen LogP contribution is 2.35. The standard InChI is InChI=1S/C18H30N2O/c1-5-19-17(16-9-13(2)8-14(3)10-16)11-15-6-7-18(21-4)20-12-15/h6-7,12-14,16-17,19H,5,8-11H2,1-4H3. The number of nitrogens with zero attached hydrogens (tertiary/aromatic N) is 1. The van der Waals surface area contributed by atoms with Crippen LogP contribution in [0.1, 0.15) is 45.6 Å². The van der Waals surface area contributed by atoms with Crippen LogP contribution in [0, 0.1) is 17.8 Å². The number of pyridine rings is 1. The summed E-state index contributed by atoms with van der Waals surface area (Å²) in [5.41, 5.74) is 1.30. The Morgan fingerprint density at radius 2 is 1.95 bits per heavy atom. The Labute approximate surface area is 129 Å². The monoisotopic (exact) mass is 290 g/mol. The Morgan fingerprint density at radius 3 is 2.48 bits per heavy atom. The maximum Gasteiger partial charge on any atom is 0.212 e. The van der Waals surface area contributed by atoms with E-state index in [-0.39, 0.29) is 0 Å². The molecule has 3 unspecified atom stereocenters. The molecule has 0 aromatic carbocycles. The summed E-state index contributed by atoms with van der Waals surface area (Å²) in [6, 6.07) is 4.67. The number of nitrogens with one attached hydrogen (secondary N) is 1. The van der Waals surface area contributed by atoms with Gasteiger partial charge in [-0.25, -0.2) is 4.98 Å². The lowest BCUT2D eigenvalue weighted by molar-refractivity contribution is 0.176. The number of hydrogen-bond acceptors (Lipinski definition) is 3. The van der Waals surface area contributed by atoms with Gasteiger partial charge >= 0.3 is 0 Å². The van der Waals surface area contributed by atoms with Gasteiger partial charge in [-0.3, -0.25) is 0 Å². The van der Waals surface area contributed by atoms with Crippen LogP contribution in [0.5, 0.6) is 5.88 Å².